The molecule has 9 heteroatoms. The highest BCUT2D eigenvalue weighted by molar-refractivity contribution is 7.13. The van der Waals surface area contributed by atoms with Crippen molar-refractivity contribution in [3.8, 4) is 10.6 Å². The van der Waals surface area contributed by atoms with E-state index in [0.717, 1.165) is 4.88 Å². The van der Waals surface area contributed by atoms with E-state index in [0.29, 0.717) is 22.6 Å². The van der Waals surface area contributed by atoms with Crippen LogP contribution in [0.1, 0.15) is 23.0 Å². The summed E-state index contributed by atoms with van der Waals surface area (Å²) in [5, 5.41) is 9.37. The van der Waals surface area contributed by atoms with Gasteiger partial charge in [-0.1, -0.05) is 18.2 Å². The highest BCUT2D eigenvalue weighted by Crippen LogP contribution is 2.35. The van der Waals surface area contributed by atoms with Crippen LogP contribution in [-0.2, 0) is 17.9 Å². The van der Waals surface area contributed by atoms with E-state index in [4.69, 9.17) is 0 Å². The van der Waals surface area contributed by atoms with Crippen molar-refractivity contribution >= 4 is 28.8 Å². The number of carbonyl (C=O) groups excluding carboxylic acids is 2. The number of hydrogen-bond acceptors (Lipinski definition) is 4. The number of benzene rings is 2. The standard InChI is InChI=1S/C25H20F2N4O2S/c1-25(24(33)28-14-16-4-6-17(26)7-5-16)15-30-21(13-20(29-30)22-3-2-12-34-22)23(32)31(25)19-10-8-18(27)9-11-19/h2-13H,14-15H2,1H3,(H,28,33)/t25-/m0/s1. The summed E-state index contributed by atoms with van der Waals surface area (Å²) in [6.45, 7) is 1.92. The van der Waals surface area contributed by atoms with Crippen LogP contribution in [0.2, 0.25) is 0 Å². The van der Waals surface area contributed by atoms with Crippen molar-refractivity contribution in [3.63, 3.8) is 0 Å². The molecule has 0 spiro atoms. The minimum atomic E-state index is -1.35. The van der Waals surface area contributed by atoms with Gasteiger partial charge in [0.25, 0.3) is 5.91 Å². The predicted octanol–water partition coefficient (Wildman–Crippen LogP) is 4.63. The molecular weight excluding hydrogens is 458 g/mol. The lowest BCUT2D eigenvalue weighted by molar-refractivity contribution is -0.126. The van der Waals surface area contributed by atoms with E-state index in [2.05, 4.69) is 10.4 Å². The largest absolute Gasteiger partial charge is 0.350 e. The third-order valence-corrected chi connectivity index (χ3v) is 6.76. The Balaban J connectivity index is 1.52. The number of nitrogens with zero attached hydrogens (tertiary/aromatic N) is 3. The molecular formula is C25H20F2N4O2S. The van der Waals surface area contributed by atoms with Crippen LogP contribution in [0.25, 0.3) is 10.6 Å². The summed E-state index contributed by atoms with van der Waals surface area (Å²) in [6, 6.07) is 16.8. The third kappa shape index (κ3) is 3.88. The molecule has 0 unspecified atom stereocenters. The van der Waals surface area contributed by atoms with Crippen molar-refractivity contribution in [2.45, 2.75) is 25.6 Å². The second kappa shape index (κ2) is 8.49. The van der Waals surface area contributed by atoms with Crippen LogP contribution in [0, 0.1) is 11.6 Å². The number of hydrogen-bond donors (Lipinski definition) is 1. The molecule has 0 saturated heterocycles. The van der Waals surface area contributed by atoms with Crippen molar-refractivity contribution in [1.82, 2.24) is 15.1 Å². The maximum Gasteiger partial charge on any atom is 0.277 e. The van der Waals surface area contributed by atoms with Crippen molar-refractivity contribution in [2.24, 2.45) is 0 Å². The normalized spacial score (nSPS) is 17.5. The fraction of sp³-hybridized carbons (Fsp3) is 0.160. The van der Waals surface area contributed by atoms with E-state index < -0.39 is 23.2 Å². The average Bonchev–Trinajstić information content (AvgIpc) is 3.50. The van der Waals surface area contributed by atoms with Gasteiger partial charge in [-0.3, -0.25) is 19.2 Å². The van der Waals surface area contributed by atoms with Crippen molar-refractivity contribution in [2.75, 3.05) is 4.90 Å². The van der Waals surface area contributed by atoms with Gasteiger partial charge in [0.2, 0.25) is 5.91 Å². The Morgan fingerprint density at radius 3 is 2.41 bits per heavy atom. The minimum Gasteiger partial charge on any atom is -0.350 e. The maximum atomic E-state index is 13.7. The second-order valence-electron chi connectivity index (χ2n) is 8.25. The third-order valence-electron chi connectivity index (χ3n) is 5.87. The van der Waals surface area contributed by atoms with Gasteiger partial charge in [-0.15, -0.1) is 11.3 Å². The lowest BCUT2D eigenvalue weighted by atomic mass is 9.94. The molecule has 6 nitrogen and oxygen atoms in total. The predicted molar refractivity (Wildman–Crippen MR) is 125 cm³/mol. The van der Waals surface area contributed by atoms with E-state index in [1.54, 1.807) is 29.8 Å². The van der Waals surface area contributed by atoms with E-state index in [1.165, 1.54) is 52.6 Å². The first-order valence-corrected chi connectivity index (χ1v) is 11.5. The van der Waals surface area contributed by atoms with E-state index in [1.807, 2.05) is 17.5 Å². The zero-order chi connectivity index (χ0) is 23.9. The summed E-state index contributed by atoms with van der Waals surface area (Å²) < 4.78 is 28.4. The van der Waals surface area contributed by atoms with Gasteiger partial charge in [0.15, 0.2) is 0 Å². The molecule has 2 aromatic heterocycles. The van der Waals surface area contributed by atoms with Gasteiger partial charge in [-0.25, -0.2) is 8.78 Å². The van der Waals surface area contributed by atoms with Crippen LogP contribution in [0.4, 0.5) is 14.5 Å². The van der Waals surface area contributed by atoms with Crippen LogP contribution in [-0.4, -0.2) is 27.1 Å². The molecule has 3 heterocycles. The van der Waals surface area contributed by atoms with Gasteiger partial charge in [0.1, 0.15) is 28.6 Å². The van der Waals surface area contributed by atoms with E-state index in [9.17, 15) is 18.4 Å². The second-order valence-corrected chi connectivity index (χ2v) is 9.20. The number of aromatic nitrogens is 2. The van der Waals surface area contributed by atoms with Crippen molar-refractivity contribution in [3.05, 3.63) is 95.0 Å². The van der Waals surface area contributed by atoms with Gasteiger partial charge in [-0.05, 0) is 66.4 Å². The van der Waals surface area contributed by atoms with Crippen LogP contribution in [0.15, 0.2) is 72.1 Å². The topological polar surface area (TPSA) is 67.2 Å². The number of amides is 2. The Kier molecular flexibility index (Phi) is 5.49. The molecule has 172 valence electrons. The molecule has 1 N–H and O–H groups in total. The molecule has 0 fully saturated rings. The maximum absolute atomic E-state index is 13.7. The zero-order valence-electron chi connectivity index (χ0n) is 18.2. The first kappa shape index (κ1) is 22.0. The Morgan fingerprint density at radius 2 is 1.76 bits per heavy atom. The fourth-order valence-corrected chi connectivity index (χ4v) is 4.78. The first-order chi connectivity index (χ1) is 16.3. The SMILES string of the molecule is C[C@@]1(C(=O)NCc2ccc(F)cc2)Cn2nc(-c3cccs3)cc2C(=O)N1c1ccc(F)cc1. The smallest absolute Gasteiger partial charge is 0.277 e. The molecule has 34 heavy (non-hydrogen) atoms. The molecule has 1 atom stereocenters. The molecule has 0 radical (unpaired) electrons. The summed E-state index contributed by atoms with van der Waals surface area (Å²) >= 11 is 1.50. The van der Waals surface area contributed by atoms with E-state index >= 15 is 0 Å². The average molecular weight is 479 g/mol. The van der Waals surface area contributed by atoms with Gasteiger partial charge >= 0.3 is 0 Å². The monoisotopic (exact) mass is 478 g/mol. The Labute approximate surface area is 198 Å². The Hall–Kier alpha value is -3.85. The number of carbonyl (C=O) groups is 2. The number of rotatable bonds is 5. The molecule has 5 rings (SSSR count). The quantitative estimate of drug-likeness (QED) is 0.455. The van der Waals surface area contributed by atoms with Crippen LogP contribution >= 0.6 is 11.3 Å². The molecule has 4 aromatic rings. The van der Waals surface area contributed by atoms with Crippen LogP contribution < -0.4 is 10.2 Å². The number of fused-ring (bicyclic) bond motifs is 1. The minimum absolute atomic E-state index is 0.103. The Morgan fingerprint density at radius 1 is 1.09 bits per heavy atom. The van der Waals surface area contributed by atoms with Crippen LogP contribution in [0.3, 0.4) is 0 Å². The van der Waals surface area contributed by atoms with Crippen molar-refractivity contribution < 1.29 is 18.4 Å². The number of anilines is 1. The number of thiophene rings is 1. The van der Waals surface area contributed by atoms with E-state index in [-0.39, 0.29) is 18.9 Å². The van der Waals surface area contributed by atoms with Gasteiger partial charge < -0.3 is 5.32 Å². The summed E-state index contributed by atoms with van der Waals surface area (Å²) in [5.41, 5.74) is 0.759. The van der Waals surface area contributed by atoms with Gasteiger partial charge in [0.05, 0.1) is 11.4 Å². The highest BCUT2D eigenvalue weighted by Gasteiger charge is 2.48. The van der Waals surface area contributed by atoms with Crippen LogP contribution in [0.5, 0.6) is 0 Å². The zero-order valence-corrected chi connectivity index (χ0v) is 19.0. The fourth-order valence-electron chi connectivity index (χ4n) is 4.10. The summed E-state index contributed by atoms with van der Waals surface area (Å²) in [5.74, 6) is -1.63. The molecule has 1 aliphatic heterocycles. The molecule has 1 aliphatic rings. The summed E-state index contributed by atoms with van der Waals surface area (Å²) in [7, 11) is 0. The summed E-state index contributed by atoms with van der Waals surface area (Å²) in [4.78, 5) is 29.5. The lowest BCUT2D eigenvalue weighted by Gasteiger charge is -2.43. The summed E-state index contributed by atoms with van der Waals surface area (Å²) in [6.07, 6.45) is 0. The molecule has 0 aliphatic carbocycles. The molecule has 2 aromatic carbocycles. The van der Waals surface area contributed by atoms with Crippen molar-refractivity contribution in [1.29, 1.82) is 0 Å². The molecule has 0 bridgehead atoms. The number of halogens is 2. The number of nitrogens with one attached hydrogen (secondary N) is 1. The first-order valence-electron chi connectivity index (χ1n) is 10.6. The highest BCUT2D eigenvalue weighted by atomic mass is 32.1. The lowest BCUT2D eigenvalue weighted by Crippen LogP contribution is -2.64. The Bertz CT molecular complexity index is 1350. The molecule has 0 saturated carbocycles. The molecule has 2 amide bonds. The van der Waals surface area contributed by atoms with Gasteiger partial charge in [-0.2, -0.15) is 5.10 Å². The van der Waals surface area contributed by atoms with Gasteiger partial charge in [0, 0.05) is 12.2 Å².